The highest BCUT2D eigenvalue weighted by molar-refractivity contribution is 7.89. The number of hydrogen-bond donors (Lipinski definition) is 2. The smallest absolute Gasteiger partial charge is 0.242 e. The van der Waals surface area contributed by atoms with Crippen molar-refractivity contribution in [3.63, 3.8) is 0 Å². The van der Waals surface area contributed by atoms with Crippen LogP contribution in [0.2, 0.25) is 0 Å². The molecule has 0 atom stereocenters. The van der Waals surface area contributed by atoms with E-state index in [0.29, 0.717) is 25.3 Å². The molecule has 0 radical (unpaired) electrons. The van der Waals surface area contributed by atoms with Crippen LogP contribution in [-0.4, -0.2) is 38.8 Å². The van der Waals surface area contributed by atoms with E-state index in [1.807, 2.05) is 11.8 Å². The van der Waals surface area contributed by atoms with E-state index in [1.54, 1.807) is 45.0 Å². The van der Waals surface area contributed by atoms with E-state index in [0.717, 1.165) is 0 Å². The van der Waals surface area contributed by atoms with Crippen LogP contribution in [0, 0.1) is 0 Å². The molecular formula is C14H24N2O3S. The zero-order valence-corrected chi connectivity index (χ0v) is 13.4. The Labute approximate surface area is 121 Å². The first-order valence-corrected chi connectivity index (χ1v) is 8.25. The van der Waals surface area contributed by atoms with Gasteiger partial charge < -0.3 is 10.0 Å². The van der Waals surface area contributed by atoms with E-state index < -0.39 is 15.6 Å². The van der Waals surface area contributed by atoms with E-state index in [-0.39, 0.29) is 4.90 Å². The van der Waals surface area contributed by atoms with Gasteiger partial charge in [-0.15, -0.1) is 0 Å². The summed E-state index contributed by atoms with van der Waals surface area (Å²) in [7, 11) is -3.52. The van der Waals surface area contributed by atoms with Gasteiger partial charge in [-0.3, -0.25) is 0 Å². The third-order valence-corrected chi connectivity index (χ3v) is 4.38. The monoisotopic (exact) mass is 300 g/mol. The second-order valence-electron chi connectivity index (χ2n) is 5.30. The van der Waals surface area contributed by atoms with Gasteiger partial charge in [-0.2, -0.15) is 0 Å². The molecule has 6 heteroatoms. The molecule has 0 saturated carbocycles. The SMILES string of the molecule is CCNS(=O)(=O)c1ccccc1N(CC)CC(C)(C)O. The summed E-state index contributed by atoms with van der Waals surface area (Å²) in [6.07, 6.45) is 0. The molecule has 114 valence electrons. The maximum Gasteiger partial charge on any atom is 0.242 e. The summed E-state index contributed by atoms with van der Waals surface area (Å²) in [5.74, 6) is 0. The van der Waals surface area contributed by atoms with E-state index >= 15 is 0 Å². The minimum atomic E-state index is -3.52. The van der Waals surface area contributed by atoms with Crippen molar-refractivity contribution in [2.45, 2.75) is 38.2 Å². The number of sulfonamides is 1. The summed E-state index contributed by atoms with van der Waals surface area (Å²) in [5.41, 5.74) is -0.288. The summed E-state index contributed by atoms with van der Waals surface area (Å²) in [4.78, 5) is 2.11. The predicted octanol–water partition coefficient (Wildman–Crippen LogP) is 1.58. The lowest BCUT2D eigenvalue weighted by Crippen LogP contribution is -2.39. The normalized spacial score (nSPS) is 12.4. The highest BCUT2D eigenvalue weighted by Gasteiger charge is 2.23. The topological polar surface area (TPSA) is 69.6 Å². The number of nitrogens with zero attached hydrogens (tertiary/aromatic N) is 1. The molecule has 1 aromatic carbocycles. The van der Waals surface area contributed by atoms with Crippen LogP contribution < -0.4 is 9.62 Å². The lowest BCUT2D eigenvalue weighted by atomic mass is 10.1. The Hall–Kier alpha value is -1.11. The van der Waals surface area contributed by atoms with Crippen LogP contribution in [0.3, 0.4) is 0 Å². The molecule has 0 bridgehead atoms. The number of para-hydroxylation sites is 1. The molecule has 1 rings (SSSR count). The number of likely N-dealkylation sites (N-methyl/N-ethyl adjacent to an activating group) is 1. The standard InChI is InChI=1S/C14H24N2O3S/c1-5-15-20(18,19)13-10-8-7-9-12(13)16(6-2)11-14(3,4)17/h7-10,15,17H,5-6,11H2,1-4H3. The summed E-state index contributed by atoms with van der Waals surface area (Å²) in [6, 6.07) is 6.85. The average Bonchev–Trinajstić information content (AvgIpc) is 2.35. The Morgan fingerprint density at radius 1 is 1.25 bits per heavy atom. The second kappa shape index (κ2) is 6.56. The molecule has 0 unspecified atom stereocenters. The zero-order valence-electron chi connectivity index (χ0n) is 12.5. The quantitative estimate of drug-likeness (QED) is 0.802. The van der Waals surface area contributed by atoms with Crippen molar-refractivity contribution in [2.24, 2.45) is 0 Å². The summed E-state index contributed by atoms with van der Waals surface area (Å²) in [6.45, 7) is 8.41. The fraction of sp³-hybridized carbons (Fsp3) is 0.571. The molecule has 0 fully saturated rings. The summed E-state index contributed by atoms with van der Waals surface area (Å²) in [5, 5.41) is 9.97. The van der Waals surface area contributed by atoms with E-state index in [2.05, 4.69) is 4.72 Å². The maximum atomic E-state index is 12.2. The minimum absolute atomic E-state index is 0.243. The van der Waals surface area contributed by atoms with Crippen molar-refractivity contribution in [1.82, 2.24) is 4.72 Å². The number of benzene rings is 1. The van der Waals surface area contributed by atoms with Crippen LogP contribution in [0.25, 0.3) is 0 Å². The van der Waals surface area contributed by atoms with Gasteiger partial charge in [-0.05, 0) is 32.9 Å². The number of rotatable bonds is 7. The van der Waals surface area contributed by atoms with Crippen LogP contribution in [0.4, 0.5) is 5.69 Å². The summed E-state index contributed by atoms with van der Waals surface area (Å²) < 4.78 is 27.0. The van der Waals surface area contributed by atoms with Gasteiger partial charge in [0.25, 0.3) is 0 Å². The Bertz CT molecular complexity index is 536. The predicted molar refractivity (Wildman–Crippen MR) is 81.5 cm³/mol. The molecule has 0 amide bonds. The van der Waals surface area contributed by atoms with Gasteiger partial charge in [0.15, 0.2) is 0 Å². The summed E-state index contributed by atoms with van der Waals surface area (Å²) >= 11 is 0. The van der Waals surface area contributed by atoms with Gasteiger partial charge in [0.05, 0.1) is 11.3 Å². The minimum Gasteiger partial charge on any atom is -0.389 e. The Morgan fingerprint density at radius 2 is 1.85 bits per heavy atom. The van der Waals surface area contributed by atoms with Crippen LogP contribution in [0.5, 0.6) is 0 Å². The van der Waals surface area contributed by atoms with Gasteiger partial charge in [0.1, 0.15) is 4.90 Å². The van der Waals surface area contributed by atoms with Crippen molar-refractivity contribution in [1.29, 1.82) is 0 Å². The Balaban J connectivity index is 3.24. The first-order valence-electron chi connectivity index (χ1n) is 6.77. The Morgan fingerprint density at radius 3 is 2.35 bits per heavy atom. The third-order valence-electron chi connectivity index (χ3n) is 2.79. The molecule has 5 nitrogen and oxygen atoms in total. The number of nitrogens with one attached hydrogen (secondary N) is 1. The first-order chi connectivity index (χ1) is 9.21. The molecule has 0 aliphatic heterocycles. The molecule has 0 heterocycles. The molecule has 0 aliphatic carbocycles. The van der Waals surface area contributed by atoms with E-state index in [1.165, 1.54) is 0 Å². The highest BCUT2D eigenvalue weighted by Crippen LogP contribution is 2.26. The van der Waals surface area contributed by atoms with Crippen LogP contribution in [0.1, 0.15) is 27.7 Å². The van der Waals surface area contributed by atoms with Crippen molar-refractivity contribution in [3.8, 4) is 0 Å². The second-order valence-corrected chi connectivity index (χ2v) is 7.03. The van der Waals surface area contributed by atoms with Gasteiger partial charge in [0.2, 0.25) is 10.0 Å². The van der Waals surface area contributed by atoms with Crippen LogP contribution in [0.15, 0.2) is 29.2 Å². The fourth-order valence-electron chi connectivity index (χ4n) is 2.05. The van der Waals surface area contributed by atoms with Crippen molar-refractivity contribution < 1.29 is 13.5 Å². The van der Waals surface area contributed by atoms with Crippen LogP contribution in [-0.2, 0) is 10.0 Å². The fourth-order valence-corrected chi connectivity index (χ4v) is 3.31. The van der Waals surface area contributed by atoms with Gasteiger partial charge in [-0.1, -0.05) is 19.1 Å². The lowest BCUT2D eigenvalue weighted by Gasteiger charge is -2.31. The lowest BCUT2D eigenvalue weighted by molar-refractivity contribution is 0.0874. The van der Waals surface area contributed by atoms with Gasteiger partial charge in [-0.25, -0.2) is 13.1 Å². The molecule has 0 aliphatic rings. The molecular weight excluding hydrogens is 276 g/mol. The van der Waals surface area contributed by atoms with Crippen molar-refractivity contribution >= 4 is 15.7 Å². The molecule has 20 heavy (non-hydrogen) atoms. The number of hydrogen-bond acceptors (Lipinski definition) is 4. The molecule has 0 spiro atoms. The number of anilines is 1. The van der Waals surface area contributed by atoms with Crippen molar-refractivity contribution in [2.75, 3.05) is 24.5 Å². The average molecular weight is 300 g/mol. The third kappa shape index (κ3) is 4.47. The number of aliphatic hydroxyl groups is 1. The van der Waals surface area contributed by atoms with Gasteiger partial charge >= 0.3 is 0 Å². The highest BCUT2D eigenvalue weighted by atomic mass is 32.2. The van der Waals surface area contributed by atoms with Gasteiger partial charge in [0, 0.05) is 19.6 Å². The first kappa shape index (κ1) is 16.9. The molecule has 1 aromatic rings. The van der Waals surface area contributed by atoms with E-state index in [9.17, 15) is 13.5 Å². The zero-order chi connectivity index (χ0) is 15.4. The van der Waals surface area contributed by atoms with Crippen molar-refractivity contribution in [3.05, 3.63) is 24.3 Å². The maximum absolute atomic E-state index is 12.2. The Kier molecular flexibility index (Phi) is 5.56. The molecule has 0 aromatic heterocycles. The van der Waals surface area contributed by atoms with Crippen LogP contribution >= 0.6 is 0 Å². The molecule has 2 N–H and O–H groups in total. The molecule has 0 saturated heterocycles. The largest absolute Gasteiger partial charge is 0.389 e. The van der Waals surface area contributed by atoms with E-state index in [4.69, 9.17) is 0 Å².